The fraction of sp³-hybridized carbons (Fsp3) is 0.867. The SMILES string of the molecule is CC(=O)N1CCN(C(=O)CN2CCC(O)(C3CC3)C2)CC1. The number of hydrogen-bond donors (Lipinski definition) is 1. The lowest BCUT2D eigenvalue weighted by Crippen LogP contribution is -2.52. The lowest BCUT2D eigenvalue weighted by atomic mass is 9.97. The number of hydrogen-bond acceptors (Lipinski definition) is 4. The van der Waals surface area contributed by atoms with Gasteiger partial charge in [-0.2, -0.15) is 0 Å². The molecule has 2 heterocycles. The minimum atomic E-state index is -0.548. The Kier molecular flexibility index (Phi) is 3.92. The van der Waals surface area contributed by atoms with Gasteiger partial charge in [0.25, 0.3) is 0 Å². The maximum absolute atomic E-state index is 12.3. The standard InChI is InChI=1S/C15H25N3O3/c1-12(19)17-6-8-18(9-7-17)14(20)10-16-5-4-15(21,11-16)13-2-3-13/h13,21H,2-11H2,1H3. The van der Waals surface area contributed by atoms with Gasteiger partial charge in [0.15, 0.2) is 0 Å². The molecular weight excluding hydrogens is 270 g/mol. The number of amides is 2. The van der Waals surface area contributed by atoms with Crippen LogP contribution in [0.1, 0.15) is 26.2 Å². The molecular formula is C15H25N3O3. The first-order chi connectivity index (χ1) is 9.98. The van der Waals surface area contributed by atoms with Crippen molar-refractivity contribution in [1.29, 1.82) is 0 Å². The molecule has 1 N–H and O–H groups in total. The summed E-state index contributed by atoms with van der Waals surface area (Å²) in [6.07, 6.45) is 3.06. The molecule has 6 nitrogen and oxygen atoms in total. The largest absolute Gasteiger partial charge is 0.388 e. The van der Waals surface area contributed by atoms with E-state index < -0.39 is 5.60 Å². The van der Waals surface area contributed by atoms with Crippen molar-refractivity contribution in [3.05, 3.63) is 0 Å². The Morgan fingerprint density at radius 2 is 1.71 bits per heavy atom. The van der Waals surface area contributed by atoms with Crippen LogP contribution in [0.4, 0.5) is 0 Å². The van der Waals surface area contributed by atoms with Gasteiger partial charge in [-0.05, 0) is 25.2 Å². The van der Waals surface area contributed by atoms with Gasteiger partial charge in [-0.25, -0.2) is 0 Å². The predicted octanol–water partition coefficient (Wildman–Crippen LogP) is -0.476. The Morgan fingerprint density at radius 1 is 1.10 bits per heavy atom. The molecule has 3 aliphatic rings. The molecule has 2 saturated heterocycles. The average molecular weight is 295 g/mol. The van der Waals surface area contributed by atoms with E-state index in [0.29, 0.717) is 45.2 Å². The highest BCUT2D eigenvalue weighted by molar-refractivity contribution is 5.79. The van der Waals surface area contributed by atoms with Crippen LogP contribution in [-0.2, 0) is 9.59 Å². The average Bonchev–Trinajstić information content (AvgIpc) is 3.25. The molecule has 3 fully saturated rings. The van der Waals surface area contributed by atoms with Gasteiger partial charge in [0.05, 0.1) is 12.1 Å². The Labute approximate surface area is 125 Å². The minimum Gasteiger partial charge on any atom is -0.388 e. The zero-order valence-electron chi connectivity index (χ0n) is 12.8. The van der Waals surface area contributed by atoms with Crippen LogP contribution in [0.3, 0.4) is 0 Å². The lowest BCUT2D eigenvalue weighted by Gasteiger charge is -2.35. The molecule has 0 aromatic rings. The highest BCUT2D eigenvalue weighted by Crippen LogP contribution is 2.44. The number of aliphatic hydroxyl groups is 1. The van der Waals surface area contributed by atoms with Gasteiger partial charge >= 0.3 is 0 Å². The summed E-state index contributed by atoms with van der Waals surface area (Å²) in [5.74, 6) is 0.658. The summed E-state index contributed by atoms with van der Waals surface area (Å²) in [5, 5.41) is 10.5. The number of carbonyl (C=O) groups excluding carboxylic acids is 2. The molecule has 0 spiro atoms. The molecule has 6 heteroatoms. The van der Waals surface area contributed by atoms with Crippen LogP contribution in [0.5, 0.6) is 0 Å². The van der Waals surface area contributed by atoms with Crippen LogP contribution < -0.4 is 0 Å². The van der Waals surface area contributed by atoms with E-state index in [1.807, 2.05) is 4.90 Å². The monoisotopic (exact) mass is 295 g/mol. The summed E-state index contributed by atoms with van der Waals surface area (Å²) in [7, 11) is 0. The van der Waals surface area contributed by atoms with Gasteiger partial charge in [0.1, 0.15) is 0 Å². The van der Waals surface area contributed by atoms with Crippen LogP contribution in [0.2, 0.25) is 0 Å². The van der Waals surface area contributed by atoms with Crippen molar-refractivity contribution in [1.82, 2.24) is 14.7 Å². The zero-order chi connectivity index (χ0) is 15.0. The van der Waals surface area contributed by atoms with E-state index in [1.165, 1.54) is 0 Å². The second-order valence-corrected chi connectivity index (χ2v) is 6.73. The summed E-state index contributed by atoms with van der Waals surface area (Å²) in [4.78, 5) is 29.3. The van der Waals surface area contributed by atoms with Gasteiger partial charge in [0, 0.05) is 46.2 Å². The zero-order valence-corrected chi connectivity index (χ0v) is 12.8. The van der Waals surface area contributed by atoms with E-state index in [1.54, 1.807) is 11.8 Å². The smallest absolute Gasteiger partial charge is 0.236 e. The molecule has 0 aromatic heterocycles. The van der Waals surface area contributed by atoms with Crippen molar-refractivity contribution >= 4 is 11.8 Å². The van der Waals surface area contributed by atoms with E-state index in [0.717, 1.165) is 25.8 Å². The van der Waals surface area contributed by atoms with Crippen molar-refractivity contribution in [3.63, 3.8) is 0 Å². The van der Waals surface area contributed by atoms with Crippen molar-refractivity contribution in [2.24, 2.45) is 5.92 Å². The van der Waals surface area contributed by atoms with Crippen molar-refractivity contribution in [2.75, 3.05) is 45.8 Å². The molecule has 1 aliphatic carbocycles. The summed E-state index contributed by atoms with van der Waals surface area (Å²) in [6.45, 7) is 5.93. The molecule has 1 unspecified atom stereocenters. The van der Waals surface area contributed by atoms with E-state index in [4.69, 9.17) is 0 Å². The highest BCUT2D eigenvalue weighted by Gasteiger charge is 2.48. The van der Waals surface area contributed by atoms with Crippen LogP contribution in [0.15, 0.2) is 0 Å². The fourth-order valence-electron chi connectivity index (χ4n) is 3.55. The van der Waals surface area contributed by atoms with Gasteiger partial charge in [0.2, 0.25) is 11.8 Å². The second-order valence-electron chi connectivity index (χ2n) is 6.73. The molecule has 2 amide bonds. The molecule has 3 rings (SSSR count). The normalized spacial score (nSPS) is 30.8. The van der Waals surface area contributed by atoms with Crippen molar-refractivity contribution in [2.45, 2.75) is 31.8 Å². The molecule has 1 saturated carbocycles. The maximum Gasteiger partial charge on any atom is 0.236 e. The van der Waals surface area contributed by atoms with Crippen LogP contribution in [0.25, 0.3) is 0 Å². The number of rotatable bonds is 3. The molecule has 0 bridgehead atoms. The third kappa shape index (κ3) is 3.21. The predicted molar refractivity (Wildman–Crippen MR) is 77.6 cm³/mol. The third-order valence-corrected chi connectivity index (χ3v) is 5.13. The van der Waals surface area contributed by atoms with E-state index in [9.17, 15) is 14.7 Å². The van der Waals surface area contributed by atoms with E-state index >= 15 is 0 Å². The first-order valence-electron chi connectivity index (χ1n) is 7.96. The quantitative estimate of drug-likeness (QED) is 0.764. The first kappa shape index (κ1) is 14.8. The van der Waals surface area contributed by atoms with Gasteiger partial charge < -0.3 is 14.9 Å². The van der Waals surface area contributed by atoms with Gasteiger partial charge in [-0.15, -0.1) is 0 Å². The number of carbonyl (C=O) groups is 2. The van der Waals surface area contributed by atoms with Gasteiger partial charge in [-0.1, -0.05) is 0 Å². The van der Waals surface area contributed by atoms with Crippen LogP contribution in [-0.4, -0.2) is 83.0 Å². The minimum absolute atomic E-state index is 0.0798. The Hall–Kier alpha value is -1.14. The summed E-state index contributed by atoms with van der Waals surface area (Å²) in [5.41, 5.74) is -0.548. The number of β-amino-alcohol motifs (C(OH)–C–C–N with tert-alkyl or cyclic N) is 1. The number of nitrogens with zero attached hydrogens (tertiary/aromatic N) is 3. The molecule has 2 aliphatic heterocycles. The first-order valence-corrected chi connectivity index (χ1v) is 7.96. The second kappa shape index (κ2) is 5.57. The molecule has 21 heavy (non-hydrogen) atoms. The fourth-order valence-corrected chi connectivity index (χ4v) is 3.55. The lowest BCUT2D eigenvalue weighted by molar-refractivity contribution is -0.139. The van der Waals surface area contributed by atoms with E-state index in [-0.39, 0.29) is 11.8 Å². The van der Waals surface area contributed by atoms with Crippen molar-refractivity contribution in [3.8, 4) is 0 Å². The Balaban J connectivity index is 1.46. The highest BCUT2D eigenvalue weighted by atomic mass is 16.3. The van der Waals surface area contributed by atoms with Crippen LogP contribution in [0, 0.1) is 5.92 Å². The van der Waals surface area contributed by atoms with Crippen LogP contribution >= 0.6 is 0 Å². The maximum atomic E-state index is 12.3. The third-order valence-electron chi connectivity index (χ3n) is 5.13. The summed E-state index contributed by atoms with van der Waals surface area (Å²) >= 11 is 0. The van der Waals surface area contributed by atoms with Gasteiger partial charge in [-0.3, -0.25) is 14.5 Å². The molecule has 1 atom stereocenters. The number of piperazine rings is 1. The van der Waals surface area contributed by atoms with E-state index in [2.05, 4.69) is 4.90 Å². The molecule has 118 valence electrons. The molecule has 0 aromatic carbocycles. The summed E-state index contributed by atoms with van der Waals surface area (Å²) < 4.78 is 0. The Morgan fingerprint density at radius 3 is 2.29 bits per heavy atom. The topological polar surface area (TPSA) is 64.1 Å². The number of likely N-dealkylation sites (tertiary alicyclic amines) is 1. The summed E-state index contributed by atoms with van der Waals surface area (Å²) in [6, 6.07) is 0. The molecule has 0 radical (unpaired) electrons. The van der Waals surface area contributed by atoms with Crippen molar-refractivity contribution < 1.29 is 14.7 Å². The Bertz CT molecular complexity index is 430.